The van der Waals surface area contributed by atoms with Gasteiger partial charge in [-0.2, -0.15) is 5.10 Å². The van der Waals surface area contributed by atoms with Crippen LogP contribution in [-0.4, -0.2) is 21.0 Å². The second-order valence-corrected chi connectivity index (χ2v) is 5.06. The molecule has 2 rings (SSSR count). The summed E-state index contributed by atoms with van der Waals surface area (Å²) in [5, 5.41) is 14.2. The Bertz CT molecular complexity index is 359. The van der Waals surface area contributed by atoms with Gasteiger partial charge in [0.2, 0.25) is 0 Å². The Morgan fingerprint density at radius 2 is 2.25 bits per heavy atom. The van der Waals surface area contributed by atoms with Gasteiger partial charge in [0.05, 0.1) is 11.8 Å². The molecular formula is C13H22N2O. The first-order chi connectivity index (χ1) is 7.61. The van der Waals surface area contributed by atoms with Crippen LogP contribution in [-0.2, 0) is 13.0 Å². The van der Waals surface area contributed by atoms with E-state index in [4.69, 9.17) is 0 Å². The first-order valence-electron chi connectivity index (χ1n) is 6.33. The number of aryl methyl sites for hydroxylation is 2. The third-order valence-corrected chi connectivity index (χ3v) is 3.94. The van der Waals surface area contributed by atoms with Crippen molar-refractivity contribution in [3.8, 4) is 0 Å². The van der Waals surface area contributed by atoms with E-state index in [1.54, 1.807) is 0 Å². The average molecular weight is 222 g/mol. The zero-order valence-electron chi connectivity index (χ0n) is 10.5. The molecule has 1 aliphatic carbocycles. The number of nitrogens with zero attached hydrogens (tertiary/aromatic N) is 2. The first-order valence-corrected chi connectivity index (χ1v) is 6.33. The Hall–Kier alpha value is -0.830. The van der Waals surface area contributed by atoms with E-state index < -0.39 is 0 Å². The molecule has 0 aliphatic heterocycles. The minimum atomic E-state index is -0.0934. The van der Waals surface area contributed by atoms with Crippen molar-refractivity contribution >= 4 is 0 Å². The average Bonchev–Trinajstić information content (AvgIpc) is 2.76. The number of aliphatic hydroxyl groups excluding tert-OH is 1. The summed E-state index contributed by atoms with van der Waals surface area (Å²) in [6.45, 7) is 7.28. The summed E-state index contributed by atoms with van der Waals surface area (Å²) >= 11 is 0. The van der Waals surface area contributed by atoms with Crippen LogP contribution in [0.5, 0.6) is 0 Å². The van der Waals surface area contributed by atoms with E-state index in [0.717, 1.165) is 31.5 Å². The van der Waals surface area contributed by atoms with E-state index in [0.29, 0.717) is 11.8 Å². The van der Waals surface area contributed by atoms with Crippen LogP contribution < -0.4 is 0 Å². The Morgan fingerprint density at radius 1 is 1.50 bits per heavy atom. The zero-order valence-corrected chi connectivity index (χ0v) is 10.5. The highest BCUT2D eigenvalue weighted by atomic mass is 16.3. The van der Waals surface area contributed by atoms with Crippen LogP contribution in [0.15, 0.2) is 6.07 Å². The molecule has 3 unspecified atom stereocenters. The van der Waals surface area contributed by atoms with E-state index in [-0.39, 0.29) is 6.10 Å². The molecule has 1 saturated carbocycles. The maximum atomic E-state index is 9.76. The van der Waals surface area contributed by atoms with Crippen molar-refractivity contribution < 1.29 is 5.11 Å². The second kappa shape index (κ2) is 4.58. The fraction of sp³-hybridized carbons (Fsp3) is 0.769. The Kier molecular flexibility index (Phi) is 3.33. The lowest BCUT2D eigenvalue weighted by molar-refractivity contribution is 0.127. The van der Waals surface area contributed by atoms with Crippen LogP contribution >= 0.6 is 0 Å². The summed E-state index contributed by atoms with van der Waals surface area (Å²) in [6.07, 6.45) is 3.08. The van der Waals surface area contributed by atoms with Crippen molar-refractivity contribution in [3.63, 3.8) is 0 Å². The van der Waals surface area contributed by atoms with E-state index in [1.165, 1.54) is 5.69 Å². The van der Waals surface area contributed by atoms with E-state index in [1.807, 2.05) is 6.92 Å². The SMILES string of the molecule is CCn1nc(C)cc1CC1CCC(O)C1C. The van der Waals surface area contributed by atoms with Gasteiger partial charge in [-0.1, -0.05) is 6.92 Å². The topological polar surface area (TPSA) is 38.0 Å². The third-order valence-electron chi connectivity index (χ3n) is 3.94. The molecule has 16 heavy (non-hydrogen) atoms. The predicted molar refractivity (Wildman–Crippen MR) is 64.2 cm³/mol. The molecule has 1 aromatic rings. The second-order valence-electron chi connectivity index (χ2n) is 5.06. The van der Waals surface area contributed by atoms with Crippen LogP contribution in [0, 0.1) is 18.8 Å². The molecule has 0 amide bonds. The molecule has 0 bridgehead atoms. The molecule has 3 nitrogen and oxygen atoms in total. The molecule has 1 N–H and O–H groups in total. The summed E-state index contributed by atoms with van der Waals surface area (Å²) < 4.78 is 2.09. The Labute approximate surface area is 97.5 Å². The first kappa shape index (κ1) is 11.6. The lowest BCUT2D eigenvalue weighted by Crippen LogP contribution is -2.18. The van der Waals surface area contributed by atoms with Gasteiger partial charge >= 0.3 is 0 Å². The maximum absolute atomic E-state index is 9.76. The number of hydrogen-bond acceptors (Lipinski definition) is 2. The van der Waals surface area contributed by atoms with E-state index in [2.05, 4.69) is 29.7 Å². The molecule has 0 saturated heterocycles. The number of aromatic nitrogens is 2. The Balaban J connectivity index is 2.08. The van der Waals surface area contributed by atoms with Gasteiger partial charge in [-0.15, -0.1) is 0 Å². The van der Waals surface area contributed by atoms with Gasteiger partial charge in [0, 0.05) is 12.2 Å². The van der Waals surface area contributed by atoms with Crippen molar-refractivity contribution in [2.24, 2.45) is 11.8 Å². The zero-order chi connectivity index (χ0) is 11.7. The fourth-order valence-electron chi connectivity index (χ4n) is 2.82. The summed E-state index contributed by atoms with van der Waals surface area (Å²) in [7, 11) is 0. The largest absolute Gasteiger partial charge is 0.393 e. The minimum Gasteiger partial charge on any atom is -0.393 e. The smallest absolute Gasteiger partial charge is 0.0596 e. The molecule has 1 heterocycles. The highest BCUT2D eigenvalue weighted by molar-refractivity contribution is 5.10. The molecule has 1 aromatic heterocycles. The summed E-state index contributed by atoms with van der Waals surface area (Å²) in [5.41, 5.74) is 2.42. The van der Waals surface area contributed by atoms with Gasteiger partial charge in [-0.3, -0.25) is 4.68 Å². The van der Waals surface area contributed by atoms with Crippen molar-refractivity contribution in [2.75, 3.05) is 0 Å². The highest BCUT2D eigenvalue weighted by Gasteiger charge is 2.31. The number of aliphatic hydroxyl groups is 1. The van der Waals surface area contributed by atoms with Crippen molar-refractivity contribution in [3.05, 3.63) is 17.5 Å². The standard InChI is InChI=1S/C13H22N2O/c1-4-15-12(7-9(2)14-15)8-11-5-6-13(16)10(11)3/h7,10-11,13,16H,4-6,8H2,1-3H3. The molecular weight excluding hydrogens is 200 g/mol. The molecule has 0 spiro atoms. The maximum Gasteiger partial charge on any atom is 0.0596 e. The molecule has 90 valence electrons. The van der Waals surface area contributed by atoms with Crippen molar-refractivity contribution in [1.29, 1.82) is 0 Å². The quantitative estimate of drug-likeness (QED) is 0.851. The molecule has 3 atom stereocenters. The predicted octanol–water partition coefficient (Wildman–Crippen LogP) is 2.16. The van der Waals surface area contributed by atoms with E-state index in [9.17, 15) is 5.11 Å². The molecule has 1 fully saturated rings. The number of hydrogen-bond donors (Lipinski definition) is 1. The molecule has 3 heteroatoms. The third kappa shape index (κ3) is 2.14. The molecule has 0 aromatic carbocycles. The van der Waals surface area contributed by atoms with Gasteiger partial charge in [-0.25, -0.2) is 0 Å². The van der Waals surface area contributed by atoms with Crippen molar-refractivity contribution in [2.45, 2.75) is 52.7 Å². The van der Waals surface area contributed by atoms with E-state index >= 15 is 0 Å². The molecule has 1 aliphatic rings. The van der Waals surface area contributed by atoms with Gasteiger partial charge in [0.15, 0.2) is 0 Å². The fourth-order valence-corrected chi connectivity index (χ4v) is 2.82. The van der Waals surface area contributed by atoms with Crippen LogP contribution in [0.2, 0.25) is 0 Å². The lowest BCUT2D eigenvalue weighted by atomic mass is 9.92. The molecule has 0 radical (unpaired) electrons. The monoisotopic (exact) mass is 222 g/mol. The summed E-state index contributed by atoms with van der Waals surface area (Å²) in [4.78, 5) is 0. The normalized spacial score (nSPS) is 29.9. The van der Waals surface area contributed by atoms with Crippen LogP contribution in [0.25, 0.3) is 0 Å². The van der Waals surface area contributed by atoms with Crippen molar-refractivity contribution in [1.82, 2.24) is 9.78 Å². The minimum absolute atomic E-state index is 0.0934. The van der Waals surface area contributed by atoms with Gasteiger partial charge in [0.25, 0.3) is 0 Å². The summed E-state index contributed by atoms with van der Waals surface area (Å²) in [6, 6.07) is 2.18. The van der Waals surface area contributed by atoms with Crippen LogP contribution in [0.1, 0.15) is 38.1 Å². The Morgan fingerprint density at radius 3 is 2.81 bits per heavy atom. The van der Waals surface area contributed by atoms with Crippen LogP contribution in [0.3, 0.4) is 0 Å². The number of rotatable bonds is 3. The summed E-state index contributed by atoms with van der Waals surface area (Å²) in [5.74, 6) is 1.05. The highest BCUT2D eigenvalue weighted by Crippen LogP contribution is 2.34. The van der Waals surface area contributed by atoms with Gasteiger partial charge in [0.1, 0.15) is 0 Å². The lowest BCUT2D eigenvalue weighted by Gasteiger charge is -2.17. The van der Waals surface area contributed by atoms with Gasteiger partial charge in [-0.05, 0) is 51.0 Å². The van der Waals surface area contributed by atoms with Gasteiger partial charge < -0.3 is 5.11 Å². The van der Waals surface area contributed by atoms with Crippen LogP contribution in [0.4, 0.5) is 0 Å².